The third kappa shape index (κ3) is 5.44. The minimum atomic E-state index is -1.20. The van der Waals surface area contributed by atoms with E-state index in [1.54, 1.807) is 10.1 Å². The number of tetrazole rings is 1. The molecule has 0 unspecified atom stereocenters. The van der Waals surface area contributed by atoms with E-state index in [9.17, 15) is 19.5 Å². The van der Waals surface area contributed by atoms with Crippen LogP contribution in [0.4, 0.5) is 5.13 Å². The Hall–Kier alpha value is -2.69. The number of carbonyl (C=O) groups is 3. The monoisotopic (exact) mass is 539 g/mol. The molecule has 13 nitrogen and oxygen atoms in total. The summed E-state index contributed by atoms with van der Waals surface area (Å²) in [6.45, 7) is 1.33. The molecule has 2 amide bonds. The predicted molar refractivity (Wildman–Crippen MR) is 132 cm³/mol. The normalized spacial score (nSPS) is 21.8. The number of carboxylic acid groups (broad SMARTS) is 1. The van der Waals surface area contributed by atoms with Gasteiger partial charge in [-0.1, -0.05) is 11.8 Å². The van der Waals surface area contributed by atoms with Crippen LogP contribution in [0.3, 0.4) is 0 Å². The fourth-order valence-corrected chi connectivity index (χ4v) is 6.03. The standard InChI is InChI=1S/C19H25N9O4S3/c1-26(2)3-4-27-19(23-24-25-27)35-7-9-5-11(33)15-13(16(30)28(15)14(9)17(31)32)22-12(29)6-10-8-34-18(20)21-10/h8,11,13,15,33H,3-7H2,1-2H3,(H2,20,21)(H,22,29)(H,31,32)/t11-,13-,15+/m1/s1. The van der Waals surface area contributed by atoms with Crippen molar-refractivity contribution in [3.63, 3.8) is 0 Å². The summed E-state index contributed by atoms with van der Waals surface area (Å²) in [5.74, 6) is -1.77. The first-order valence-corrected chi connectivity index (χ1v) is 13.0. The summed E-state index contributed by atoms with van der Waals surface area (Å²) < 4.78 is 1.66. The summed E-state index contributed by atoms with van der Waals surface area (Å²) in [5.41, 5.74) is 6.61. The highest BCUT2D eigenvalue weighted by Crippen LogP contribution is 2.40. The number of aromatic nitrogens is 5. The van der Waals surface area contributed by atoms with Crippen molar-refractivity contribution in [1.82, 2.24) is 40.3 Å². The largest absolute Gasteiger partial charge is 0.477 e. The number of carboxylic acids is 1. The van der Waals surface area contributed by atoms with E-state index in [2.05, 4.69) is 38.5 Å². The number of anilines is 1. The Kier molecular flexibility index (Phi) is 7.63. The molecule has 0 spiro atoms. The molecule has 0 saturated carbocycles. The van der Waals surface area contributed by atoms with Crippen LogP contribution < -0.4 is 11.1 Å². The first-order chi connectivity index (χ1) is 16.7. The average molecular weight is 540 g/mol. The molecule has 4 heterocycles. The van der Waals surface area contributed by atoms with E-state index in [0.29, 0.717) is 40.3 Å². The number of thiol groups is 1. The number of amides is 2. The van der Waals surface area contributed by atoms with Crippen LogP contribution in [0.1, 0.15) is 12.1 Å². The Morgan fingerprint density at radius 2 is 2.20 bits per heavy atom. The number of hydrogen-bond acceptors (Lipinski definition) is 12. The van der Waals surface area contributed by atoms with Crippen molar-refractivity contribution in [2.75, 3.05) is 32.1 Å². The van der Waals surface area contributed by atoms with Gasteiger partial charge >= 0.3 is 5.97 Å². The van der Waals surface area contributed by atoms with Gasteiger partial charge in [0, 0.05) is 22.9 Å². The van der Waals surface area contributed by atoms with Crippen LogP contribution in [0.15, 0.2) is 21.8 Å². The van der Waals surface area contributed by atoms with E-state index in [1.165, 1.54) is 28.0 Å². The van der Waals surface area contributed by atoms with Crippen LogP contribution in [0, 0.1) is 0 Å². The first kappa shape index (κ1) is 25.4. The second kappa shape index (κ2) is 10.5. The smallest absolute Gasteiger partial charge is 0.352 e. The lowest BCUT2D eigenvalue weighted by molar-refractivity contribution is -0.155. The molecule has 4 N–H and O–H groups in total. The van der Waals surface area contributed by atoms with Gasteiger partial charge in [-0.3, -0.25) is 14.5 Å². The number of fused-ring (bicyclic) bond motifs is 1. The molecule has 1 saturated heterocycles. The van der Waals surface area contributed by atoms with Crippen molar-refractivity contribution in [2.24, 2.45) is 0 Å². The van der Waals surface area contributed by atoms with Gasteiger partial charge in [-0.15, -0.1) is 16.4 Å². The lowest BCUT2D eigenvalue weighted by Crippen LogP contribution is -2.74. The average Bonchev–Trinajstić information content (AvgIpc) is 3.42. The van der Waals surface area contributed by atoms with E-state index in [0.717, 1.165) is 6.54 Å². The minimum Gasteiger partial charge on any atom is -0.477 e. The number of nitrogen functional groups attached to an aromatic ring is 1. The maximum Gasteiger partial charge on any atom is 0.352 e. The molecule has 0 aromatic carbocycles. The highest BCUT2D eigenvalue weighted by Gasteiger charge is 2.56. The molecule has 3 atom stereocenters. The second-order valence-corrected chi connectivity index (χ2v) is 10.9. The van der Waals surface area contributed by atoms with E-state index in [4.69, 9.17) is 5.73 Å². The molecule has 0 radical (unpaired) electrons. The highest BCUT2D eigenvalue weighted by molar-refractivity contribution is 7.99. The number of rotatable bonds is 10. The summed E-state index contributed by atoms with van der Waals surface area (Å²) in [5, 5.41) is 26.6. The maximum absolute atomic E-state index is 12.9. The fourth-order valence-electron chi connectivity index (χ4n) is 4.01. The van der Waals surface area contributed by atoms with Gasteiger partial charge < -0.3 is 21.1 Å². The van der Waals surface area contributed by atoms with E-state index >= 15 is 0 Å². The van der Waals surface area contributed by atoms with Crippen molar-refractivity contribution in [3.05, 3.63) is 22.3 Å². The van der Waals surface area contributed by atoms with Gasteiger partial charge in [0.1, 0.15) is 11.7 Å². The zero-order chi connectivity index (χ0) is 25.3. The molecule has 4 rings (SSSR count). The van der Waals surface area contributed by atoms with Crippen molar-refractivity contribution in [2.45, 2.75) is 41.9 Å². The van der Waals surface area contributed by atoms with Crippen LogP contribution in [0.5, 0.6) is 0 Å². The number of nitrogens with two attached hydrogens (primary N) is 1. The zero-order valence-electron chi connectivity index (χ0n) is 19.0. The second-order valence-electron chi connectivity index (χ2n) is 8.40. The Morgan fingerprint density at radius 3 is 2.86 bits per heavy atom. The SMILES string of the molecule is CN(C)CCn1nnnc1SCC1=C(C(=O)O)N2C(=O)[C@H](NC(=O)Cc3csc(N)n3)[C@@H]2[C@H](S)C1. The van der Waals surface area contributed by atoms with Crippen LogP contribution in [0.2, 0.25) is 0 Å². The molecule has 16 heteroatoms. The number of aliphatic carboxylic acids is 1. The molecule has 1 fully saturated rings. The van der Waals surface area contributed by atoms with Crippen LogP contribution >= 0.6 is 35.7 Å². The van der Waals surface area contributed by atoms with Gasteiger partial charge in [0.2, 0.25) is 11.1 Å². The maximum atomic E-state index is 12.9. The third-order valence-electron chi connectivity index (χ3n) is 5.63. The van der Waals surface area contributed by atoms with Crippen molar-refractivity contribution < 1.29 is 19.5 Å². The Labute approximate surface area is 214 Å². The lowest BCUT2D eigenvalue weighted by atomic mass is 9.83. The summed E-state index contributed by atoms with van der Waals surface area (Å²) in [6, 6.07) is -1.40. The van der Waals surface area contributed by atoms with Gasteiger partial charge in [0.05, 0.1) is 24.7 Å². The number of thioether (sulfide) groups is 1. The summed E-state index contributed by atoms with van der Waals surface area (Å²) in [4.78, 5) is 44.8. The molecule has 2 aliphatic heterocycles. The highest BCUT2D eigenvalue weighted by atomic mass is 32.2. The molecule has 35 heavy (non-hydrogen) atoms. The van der Waals surface area contributed by atoms with E-state index < -0.39 is 24.0 Å². The van der Waals surface area contributed by atoms with Gasteiger partial charge in [-0.2, -0.15) is 12.6 Å². The third-order valence-corrected chi connectivity index (χ3v) is 7.89. The number of nitrogens with one attached hydrogen (secondary N) is 1. The van der Waals surface area contributed by atoms with Crippen LogP contribution in [0.25, 0.3) is 0 Å². The number of likely N-dealkylation sites (N-methyl/N-ethyl adjacent to an activating group) is 1. The molecule has 0 bridgehead atoms. The van der Waals surface area contributed by atoms with Crippen molar-refractivity contribution >= 4 is 58.6 Å². The quantitative estimate of drug-likeness (QED) is 0.172. The van der Waals surface area contributed by atoms with Gasteiger partial charge in [-0.25, -0.2) is 14.5 Å². The van der Waals surface area contributed by atoms with Crippen LogP contribution in [-0.4, -0.2) is 102 Å². The summed E-state index contributed by atoms with van der Waals surface area (Å²) in [7, 11) is 3.89. The fraction of sp³-hybridized carbons (Fsp3) is 0.526. The molecule has 2 aromatic heterocycles. The molecule has 2 aromatic rings. The van der Waals surface area contributed by atoms with E-state index in [-0.39, 0.29) is 23.3 Å². The topological polar surface area (TPSA) is 172 Å². The predicted octanol–water partition coefficient (Wildman–Crippen LogP) is -0.655. The number of hydrogen-bond donors (Lipinski definition) is 4. The minimum absolute atomic E-state index is 0.0203. The Morgan fingerprint density at radius 1 is 1.43 bits per heavy atom. The number of thiazole rings is 1. The lowest BCUT2D eigenvalue weighted by Gasteiger charge is -2.52. The number of β-lactam (4-membered cyclic amide) rings is 1. The number of carbonyl (C=O) groups excluding carboxylic acids is 2. The molecular formula is C19H25N9O4S3. The van der Waals surface area contributed by atoms with E-state index in [1.807, 2.05) is 19.0 Å². The molecular weight excluding hydrogens is 514 g/mol. The zero-order valence-corrected chi connectivity index (χ0v) is 21.5. The Balaban J connectivity index is 1.45. The molecule has 0 aliphatic carbocycles. The molecule has 188 valence electrons. The van der Waals surface area contributed by atoms with Crippen LogP contribution in [-0.2, 0) is 27.3 Å². The van der Waals surface area contributed by atoms with Gasteiger partial charge in [-0.05, 0) is 36.5 Å². The van der Waals surface area contributed by atoms with Gasteiger partial charge in [0.25, 0.3) is 5.91 Å². The van der Waals surface area contributed by atoms with Gasteiger partial charge in [0.15, 0.2) is 5.13 Å². The number of nitrogens with zero attached hydrogens (tertiary/aromatic N) is 7. The summed E-state index contributed by atoms with van der Waals surface area (Å²) in [6.07, 6.45) is 0.327. The molecule has 2 aliphatic rings. The van der Waals surface area contributed by atoms with Crippen molar-refractivity contribution in [1.29, 1.82) is 0 Å². The Bertz CT molecular complexity index is 1160. The first-order valence-electron chi connectivity index (χ1n) is 10.6. The van der Waals surface area contributed by atoms with Crippen molar-refractivity contribution in [3.8, 4) is 0 Å². The summed E-state index contributed by atoms with van der Waals surface area (Å²) >= 11 is 7.18.